The highest BCUT2D eigenvalue weighted by atomic mass is 32.2. The van der Waals surface area contributed by atoms with Crippen molar-refractivity contribution in [1.29, 1.82) is 0 Å². The van der Waals surface area contributed by atoms with E-state index in [2.05, 4.69) is 0 Å². The number of nitrogens with one attached hydrogen (secondary N) is 1. The summed E-state index contributed by atoms with van der Waals surface area (Å²) in [7, 11) is -4.74. The monoisotopic (exact) mass is 413 g/mol. The second-order valence-electron chi connectivity index (χ2n) is 5.42. The summed E-state index contributed by atoms with van der Waals surface area (Å²) in [6, 6.07) is 3.86. The molecule has 27 heavy (non-hydrogen) atoms. The van der Waals surface area contributed by atoms with E-state index in [9.17, 15) is 34.8 Å². The molecule has 0 radical (unpaired) electrons. The van der Waals surface area contributed by atoms with Crippen molar-refractivity contribution >= 4 is 15.7 Å². The first-order valence-electron chi connectivity index (χ1n) is 7.08. The lowest BCUT2D eigenvalue weighted by atomic mass is 10.1. The zero-order chi connectivity index (χ0) is 20.0. The van der Waals surface area contributed by atoms with Gasteiger partial charge in [-0.25, -0.2) is 8.42 Å². The minimum atomic E-state index is -5.16. The Morgan fingerprint density at radius 1 is 0.815 bits per heavy atom. The summed E-state index contributed by atoms with van der Waals surface area (Å²) in [5, 5.41) is 0. The van der Waals surface area contributed by atoms with E-state index in [1.807, 2.05) is 4.72 Å². The predicted octanol–water partition coefficient (Wildman–Crippen LogP) is 4.25. The van der Waals surface area contributed by atoms with Crippen LogP contribution in [0.2, 0.25) is 0 Å². The third-order valence-electron chi connectivity index (χ3n) is 3.50. The third-order valence-corrected chi connectivity index (χ3v) is 4.86. The van der Waals surface area contributed by atoms with Gasteiger partial charge in [0.05, 0.1) is 21.7 Å². The van der Waals surface area contributed by atoms with Crippen LogP contribution in [0.25, 0.3) is 0 Å². The summed E-state index contributed by atoms with van der Waals surface area (Å²) in [5.41, 5.74) is -3.59. The number of alkyl halides is 6. The number of hydrogen-bond acceptors (Lipinski definition) is 4. The average molecular weight is 413 g/mol. The maximum absolute atomic E-state index is 12.9. The maximum atomic E-state index is 12.9. The van der Waals surface area contributed by atoms with Gasteiger partial charge in [0.15, 0.2) is 11.5 Å². The summed E-state index contributed by atoms with van der Waals surface area (Å²) in [5.74, 6) is 0.492. The smallest absolute Gasteiger partial charge is 0.416 e. The largest absolute Gasteiger partial charge is 0.454 e. The minimum Gasteiger partial charge on any atom is -0.454 e. The van der Waals surface area contributed by atoms with Gasteiger partial charge in [-0.3, -0.25) is 4.72 Å². The highest BCUT2D eigenvalue weighted by molar-refractivity contribution is 7.92. The Morgan fingerprint density at radius 3 is 1.93 bits per heavy atom. The van der Waals surface area contributed by atoms with Crippen LogP contribution in [0.15, 0.2) is 41.3 Å². The second-order valence-corrected chi connectivity index (χ2v) is 7.10. The fraction of sp³-hybridized carbons (Fsp3) is 0.200. The Kier molecular flexibility index (Phi) is 4.41. The van der Waals surface area contributed by atoms with E-state index >= 15 is 0 Å². The van der Waals surface area contributed by atoms with Crippen molar-refractivity contribution in [3.05, 3.63) is 47.5 Å². The number of sulfonamides is 1. The standard InChI is InChI=1S/C15H9F6NO4S/c16-14(17,18)8-3-9(15(19,20)21)5-11(4-8)27(23,24)22-10-1-2-12-13(6-10)26-7-25-12/h1-6,22H,7H2. The zero-order valence-corrected chi connectivity index (χ0v) is 13.8. The van der Waals surface area contributed by atoms with Crippen molar-refractivity contribution in [2.24, 2.45) is 0 Å². The van der Waals surface area contributed by atoms with E-state index in [1.54, 1.807) is 0 Å². The number of ether oxygens (including phenoxy) is 2. The van der Waals surface area contributed by atoms with Gasteiger partial charge < -0.3 is 9.47 Å². The molecule has 0 saturated carbocycles. The van der Waals surface area contributed by atoms with Crippen LogP contribution in [0, 0.1) is 0 Å². The molecule has 0 amide bonds. The molecule has 0 unspecified atom stereocenters. The van der Waals surface area contributed by atoms with Gasteiger partial charge in [-0.15, -0.1) is 0 Å². The molecule has 12 heteroatoms. The molecule has 0 saturated heterocycles. The lowest BCUT2D eigenvalue weighted by Gasteiger charge is -2.15. The van der Waals surface area contributed by atoms with Crippen LogP contribution >= 0.6 is 0 Å². The van der Waals surface area contributed by atoms with E-state index in [0.29, 0.717) is 5.75 Å². The molecule has 0 fully saturated rings. The molecule has 2 aromatic carbocycles. The third kappa shape index (κ3) is 4.04. The van der Waals surface area contributed by atoms with E-state index in [0.717, 1.165) is 0 Å². The fourth-order valence-corrected chi connectivity index (χ4v) is 3.37. The van der Waals surface area contributed by atoms with Gasteiger partial charge in [0, 0.05) is 6.07 Å². The van der Waals surface area contributed by atoms with Gasteiger partial charge in [0.1, 0.15) is 0 Å². The number of halogens is 6. The van der Waals surface area contributed by atoms with Gasteiger partial charge in [-0.1, -0.05) is 0 Å². The van der Waals surface area contributed by atoms with Crippen molar-refractivity contribution in [2.45, 2.75) is 17.2 Å². The van der Waals surface area contributed by atoms with E-state index in [1.165, 1.54) is 18.2 Å². The van der Waals surface area contributed by atoms with Crippen molar-refractivity contribution in [3.63, 3.8) is 0 Å². The van der Waals surface area contributed by atoms with Crippen LogP contribution in [0.1, 0.15) is 11.1 Å². The summed E-state index contributed by atoms with van der Waals surface area (Å²) < 4.78 is 114. The molecule has 1 aliphatic rings. The molecule has 3 rings (SSSR count). The first kappa shape index (κ1) is 19.1. The maximum Gasteiger partial charge on any atom is 0.416 e. The molecule has 0 bridgehead atoms. The molecule has 2 aromatic rings. The number of benzene rings is 2. The van der Waals surface area contributed by atoms with Crippen LogP contribution in [0.3, 0.4) is 0 Å². The Bertz CT molecular complexity index is 953. The Morgan fingerprint density at radius 2 is 1.37 bits per heavy atom. The van der Waals surface area contributed by atoms with Crippen LogP contribution in [0.4, 0.5) is 32.0 Å². The zero-order valence-electron chi connectivity index (χ0n) is 13.0. The summed E-state index contributed by atoms with van der Waals surface area (Å²) in [4.78, 5) is -1.18. The Balaban J connectivity index is 2.03. The van der Waals surface area contributed by atoms with Gasteiger partial charge in [-0.2, -0.15) is 26.3 Å². The van der Waals surface area contributed by atoms with E-state index < -0.39 is 38.4 Å². The van der Waals surface area contributed by atoms with Crippen LogP contribution in [-0.4, -0.2) is 15.2 Å². The molecule has 1 aliphatic heterocycles. The molecule has 5 nitrogen and oxygen atoms in total. The van der Waals surface area contributed by atoms with Crippen LogP contribution < -0.4 is 14.2 Å². The highest BCUT2D eigenvalue weighted by Gasteiger charge is 2.38. The highest BCUT2D eigenvalue weighted by Crippen LogP contribution is 2.38. The molecule has 0 atom stereocenters. The van der Waals surface area contributed by atoms with Gasteiger partial charge in [0.2, 0.25) is 6.79 Å². The Hall–Kier alpha value is -2.63. The molecule has 0 aromatic heterocycles. The Labute approximate surface area is 148 Å². The topological polar surface area (TPSA) is 64.6 Å². The quantitative estimate of drug-likeness (QED) is 0.765. The number of fused-ring (bicyclic) bond motifs is 1. The fourth-order valence-electron chi connectivity index (χ4n) is 2.26. The normalized spacial score (nSPS) is 14.3. The second kappa shape index (κ2) is 6.22. The van der Waals surface area contributed by atoms with Gasteiger partial charge in [-0.05, 0) is 30.3 Å². The molecule has 0 aliphatic carbocycles. The molecular weight excluding hydrogens is 404 g/mol. The minimum absolute atomic E-state index is 0.103. The van der Waals surface area contributed by atoms with Crippen molar-refractivity contribution < 1.29 is 44.2 Å². The number of hydrogen-bond donors (Lipinski definition) is 1. The van der Waals surface area contributed by atoms with Crippen molar-refractivity contribution in [3.8, 4) is 11.5 Å². The molecule has 1 N–H and O–H groups in total. The lowest BCUT2D eigenvalue weighted by molar-refractivity contribution is -0.143. The summed E-state index contributed by atoms with van der Waals surface area (Å²) in [6.07, 6.45) is -10.3. The van der Waals surface area contributed by atoms with E-state index in [-0.39, 0.29) is 36.4 Å². The molecular formula is C15H9F6NO4S. The van der Waals surface area contributed by atoms with Gasteiger partial charge >= 0.3 is 12.4 Å². The van der Waals surface area contributed by atoms with E-state index in [4.69, 9.17) is 9.47 Å². The average Bonchev–Trinajstić information content (AvgIpc) is 3.00. The van der Waals surface area contributed by atoms with Crippen LogP contribution in [0.5, 0.6) is 11.5 Å². The summed E-state index contributed by atoms with van der Waals surface area (Å²) in [6.45, 7) is -0.103. The van der Waals surface area contributed by atoms with Crippen molar-refractivity contribution in [2.75, 3.05) is 11.5 Å². The first-order chi connectivity index (χ1) is 12.4. The SMILES string of the molecule is O=S(=O)(Nc1ccc2c(c1)OCO2)c1cc(C(F)(F)F)cc(C(F)(F)F)c1. The van der Waals surface area contributed by atoms with Crippen LogP contribution in [-0.2, 0) is 22.4 Å². The number of anilines is 1. The predicted molar refractivity (Wildman–Crippen MR) is 79.8 cm³/mol. The molecule has 1 heterocycles. The van der Waals surface area contributed by atoms with Gasteiger partial charge in [0.25, 0.3) is 10.0 Å². The van der Waals surface area contributed by atoms with Crippen molar-refractivity contribution in [1.82, 2.24) is 0 Å². The molecule has 146 valence electrons. The number of rotatable bonds is 3. The molecule has 0 spiro atoms. The summed E-state index contributed by atoms with van der Waals surface area (Å²) >= 11 is 0. The first-order valence-corrected chi connectivity index (χ1v) is 8.56. The lowest BCUT2D eigenvalue weighted by Crippen LogP contribution is -2.17.